The first-order valence-corrected chi connectivity index (χ1v) is 4.78. The summed E-state index contributed by atoms with van der Waals surface area (Å²) in [6.07, 6.45) is 13.7. The highest BCUT2D eigenvalue weighted by molar-refractivity contribution is 5.18. The van der Waals surface area contributed by atoms with Gasteiger partial charge in [0.15, 0.2) is 0 Å². The molecule has 0 amide bonds. The minimum atomic E-state index is 0.654. The van der Waals surface area contributed by atoms with Gasteiger partial charge in [0.1, 0.15) is 0 Å². The van der Waals surface area contributed by atoms with Gasteiger partial charge in [0.2, 0.25) is 0 Å². The fourth-order valence-corrected chi connectivity index (χ4v) is 2.00. The molecule has 0 aromatic carbocycles. The first-order chi connectivity index (χ1) is 5.97. The highest BCUT2D eigenvalue weighted by Crippen LogP contribution is 2.32. The van der Waals surface area contributed by atoms with Crippen LogP contribution in [0.4, 0.5) is 0 Å². The monoisotopic (exact) mass is 158 g/mol. The fraction of sp³-hybridized carbons (Fsp3) is 0.500. The third kappa shape index (κ3) is 1.61. The molecule has 12 heavy (non-hydrogen) atoms. The third-order valence-corrected chi connectivity index (χ3v) is 2.68. The Hall–Kier alpha value is -0.960. The fourth-order valence-electron chi connectivity index (χ4n) is 2.00. The van der Waals surface area contributed by atoms with Crippen LogP contribution in [-0.4, -0.2) is 0 Å². The molecule has 0 nitrogen and oxygen atoms in total. The maximum absolute atomic E-state index is 3.37. The van der Waals surface area contributed by atoms with E-state index in [0.29, 0.717) is 5.92 Å². The summed E-state index contributed by atoms with van der Waals surface area (Å²) < 4.78 is 0. The minimum Gasteiger partial charge on any atom is -0.0990 e. The molecule has 0 saturated heterocycles. The van der Waals surface area contributed by atoms with E-state index in [0.717, 1.165) is 12.3 Å². The summed E-state index contributed by atoms with van der Waals surface area (Å²) in [5.74, 6) is 7.98. The number of fused-ring (bicyclic) bond motifs is 1. The molecule has 2 rings (SSSR count). The number of rotatable bonds is 0. The van der Waals surface area contributed by atoms with Crippen molar-refractivity contribution >= 4 is 0 Å². The normalized spacial score (nSPS) is 32.7. The molecule has 0 heterocycles. The van der Waals surface area contributed by atoms with Crippen LogP contribution in [0.1, 0.15) is 25.7 Å². The highest BCUT2D eigenvalue weighted by Gasteiger charge is 2.22. The molecule has 0 radical (unpaired) electrons. The first-order valence-electron chi connectivity index (χ1n) is 4.78. The Labute approximate surface area is 74.4 Å². The smallest absolute Gasteiger partial charge is 0.0272 e. The third-order valence-electron chi connectivity index (χ3n) is 2.68. The van der Waals surface area contributed by atoms with Gasteiger partial charge in [-0.15, -0.1) is 0 Å². The van der Waals surface area contributed by atoms with Crippen LogP contribution in [0.15, 0.2) is 24.3 Å². The molecular weight excluding hydrogens is 144 g/mol. The van der Waals surface area contributed by atoms with E-state index in [4.69, 9.17) is 0 Å². The molecule has 0 aromatic rings. The molecule has 0 heteroatoms. The van der Waals surface area contributed by atoms with E-state index >= 15 is 0 Å². The van der Waals surface area contributed by atoms with Crippen molar-refractivity contribution in [3.63, 3.8) is 0 Å². The molecule has 0 bridgehead atoms. The molecule has 0 spiro atoms. The lowest BCUT2D eigenvalue weighted by atomic mass is 9.96. The molecule has 1 fully saturated rings. The van der Waals surface area contributed by atoms with Crippen LogP contribution in [0.2, 0.25) is 0 Å². The molecule has 2 aliphatic carbocycles. The summed E-state index contributed by atoms with van der Waals surface area (Å²) in [6, 6.07) is 0. The van der Waals surface area contributed by atoms with Crippen molar-refractivity contribution in [3.8, 4) is 11.8 Å². The van der Waals surface area contributed by atoms with E-state index < -0.39 is 0 Å². The standard InChI is InChI=1S/C12H14/c1-2-4-7-11-9-6-10-12(11)8-5-3-1/h1-2,4,7,11-12H,3,6,9-10H2. The van der Waals surface area contributed by atoms with Crippen molar-refractivity contribution in [1.82, 2.24) is 0 Å². The van der Waals surface area contributed by atoms with Crippen LogP contribution in [0.5, 0.6) is 0 Å². The van der Waals surface area contributed by atoms with Gasteiger partial charge in [-0.3, -0.25) is 0 Å². The summed E-state index contributed by atoms with van der Waals surface area (Å²) in [6.45, 7) is 0. The van der Waals surface area contributed by atoms with Gasteiger partial charge in [-0.2, -0.15) is 0 Å². The van der Waals surface area contributed by atoms with Gasteiger partial charge in [0.05, 0.1) is 0 Å². The lowest BCUT2D eigenvalue weighted by Gasteiger charge is -2.07. The molecule has 2 atom stereocenters. The van der Waals surface area contributed by atoms with Gasteiger partial charge in [-0.1, -0.05) is 42.6 Å². The van der Waals surface area contributed by atoms with Gasteiger partial charge in [-0.25, -0.2) is 0 Å². The van der Waals surface area contributed by atoms with E-state index in [-0.39, 0.29) is 0 Å². The molecule has 0 aliphatic heterocycles. The zero-order valence-electron chi connectivity index (χ0n) is 7.29. The molecule has 0 aromatic heterocycles. The highest BCUT2D eigenvalue weighted by atomic mass is 14.3. The Morgan fingerprint density at radius 1 is 1.17 bits per heavy atom. The zero-order chi connectivity index (χ0) is 8.23. The van der Waals surface area contributed by atoms with Gasteiger partial charge in [0, 0.05) is 12.3 Å². The molecule has 2 unspecified atom stereocenters. The summed E-state index contributed by atoms with van der Waals surface area (Å²) in [7, 11) is 0. The van der Waals surface area contributed by atoms with Gasteiger partial charge in [0.25, 0.3) is 0 Å². The van der Waals surface area contributed by atoms with Crippen molar-refractivity contribution in [1.29, 1.82) is 0 Å². The summed E-state index contributed by atoms with van der Waals surface area (Å²) in [5.41, 5.74) is 0. The second kappa shape index (κ2) is 3.63. The van der Waals surface area contributed by atoms with E-state index in [1.807, 2.05) is 0 Å². The van der Waals surface area contributed by atoms with Crippen LogP contribution >= 0.6 is 0 Å². The zero-order valence-corrected chi connectivity index (χ0v) is 7.29. The van der Waals surface area contributed by atoms with E-state index in [2.05, 4.69) is 36.1 Å². The van der Waals surface area contributed by atoms with Crippen LogP contribution in [-0.2, 0) is 0 Å². The molecule has 62 valence electrons. The average Bonchev–Trinajstić information content (AvgIpc) is 2.50. The number of hydrogen-bond acceptors (Lipinski definition) is 0. The summed E-state index contributed by atoms with van der Waals surface area (Å²) in [5, 5.41) is 0. The first kappa shape index (κ1) is 7.68. The van der Waals surface area contributed by atoms with E-state index in [1.54, 1.807) is 0 Å². The van der Waals surface area contributed by atoms with E-state index in [1.165, 1.54) is 19.3 Å². The second-order valence-corrected chi connectivity index (χ2v) is 3.54. The molecule has 1 saturated carbocycles. The minimum absolute atomic E-state index is 0.654. The topological polar surface area (TPSA) is 0 Å². The van der Waals surface area contributed by atoms with Crippen LogP contribution in [0, 0.1) is 23.7 Å². The lowest BCUT2D eigenvalue weighted by molar-refractivity contribution is 0.576. The Morgan fingerprint density at radius 2 is 2.17 bits per heavy atom. The van der Waals surface area contributed by atoms with Crippen LogP contribution < -0.4 is 0 Å². The van der Waals surface area contributed by atoms with Crippen LogP contribution in [0.25, 0.3) is 0 Å². The average molecular weight is 158 g/mol. The Kier molecular flexibility index (Phi) is 2.32. The second-order valence-electron chi connectivity index (χ2n) is 3.54. The molecular formula is C12H14. The van der Waals surface area contributed by atoms with Crippen molar-refractivity contribution in [2.45, 2.75) is 25.7 Å². The maximum Gasteiger partial charge on any atom is 0.0272 e. The molecule has 2 aliphatic rings. The summed E-state index contributed by atoms with van der Waals surface area (Å²) in [4.78, 5) is 0. The SMILES string of the molecule is C1#CC2CCCC2C=CC=CC1. The number of hydrogen-bond donors (Lipinski definition) is 0. The Bertz CT molecular complexity index is 259. The van der Waals surface area contributed by atoms with Gasteiger partial charge >= 0.3 is 0 Å². The van der Waals surface area contributed by atoms with Crippen molar-refractivity contribution in [3.05, 3.63) is 24.3 Å². The molecule has 0 N–H and O–H groups in total. The Morgan fingerprint density at radius 3 is 3.17 bits per heavy atom. The maximum atomic E-state index is 3.37. The van der Waals surface area contributed by atoms with Crippen molar-refractivity contribution in [2.75, 3.05) is 0 Å². The predicted octanol–water partition coefficient (Wildman–Crippen LogP) is 2.92. The van der Waals surface area contributed by atoms with Gasteiger partial charge < -0.3 is 0 Å². The van der Waals surface area contributed by atoms with Gasteiger partial charge in [-0.05, 0) is 18.8 Å². The largest absolute Gasteiger partial charge is 0.0990 e. The predicted molar refractivity (Wildman–Crippen MR) is 51.5 cm³/mol. The quantitative estimate of drug-likeness (QED) is 0.475. The number of allylic oxidation sites excluding steroid dienone is 4. The lowest BCUT2D eigenvalue weighted by Crippen LogP contribution is -2.01. The Balaban J connectivity index is 2.17. The summed E-state index contributed by atoms with van der Waals surface area (Å²) >= 11 is 0. The van der Waals surface area contributed by atoms with Crippen molar-refractivity contribution < 1.29 is 0 Å². The van der Waals surface area contributed by atoms with Crippen molar-refractivity contribution in [2.24, 2.45) is 11.8 Å². The van der Waals surface area contributed by atoms with E-state index in [9.17, 15) is 0 Å². The van der Waals surface area contributed by atoms with Crippen LogP contribution in [0.3, 0.4) is 0 Å².